The Kier molecular flexibility index (Phi) is 5.83. The average molecular weight is 283 g/mol. The van der Waals surface area contributed by atoms with E-state index < -0.39 is 0 Å². The summed E-state index contributed by atoms with van der Waals surface area (Å²) in [5.41, 5.74) is 0.979. The van der Waals surface area contributed by atoms with Gasteiger partial charge in [0.05, 0.1) is 5.41 Å². The summed E-state index contributed by atoms with van der Waals surface area (Å²) < 4.78 is 0. The van der Waals surface area contributed by atoms with Crippen LogP contribution in [0.2, 0.25) is 0 Å². The van der Waals surface area contributed by atoms with Crippen LogP contribution in [0.3, 0.4) is 0 Å². The van der Waals surface area contributed by atoms with Gasteiger partial charge in [-0.2, -0.15) is 0 Å². The maximum Gasteiger partial charge on any atom is 0.230 e. The molecule has 1 N–H and O–H groups in total. The van der Waals surface area contributed by atoms with Gasteiger partial charge in [0.1, 0.15) is 0 Å². The Labute approximate surface area is 121 Å². The molecule has 1 heterocycles. The highest BCUT2D eigenvalue weighted by Crippen LogP contribution is 2.27. The standard InChI is InChI=1S/C15H22N2O.ClH/c1-3-17(11-13-7-5-4-6-8-13)14(18)15(2)9-10-16-12-15;/h4-8,16H,3,9-12H2,1-2H3;1H. The smallest absolute Gasteiger partial charge is 0.230 e. The second-order valence-corrected chi connectivity index (χ2v) is 5.29. The fourth-order valence-corrected chi connectivity index (χ4v) is 2.51. The number of hydrogen-bond acceptors (Lipinski definition) is 2. The van der Waals surface area contributed by atoms with Crippen molar-refractivity contribution in [2.24, 2.45) is 5.41 Å². The highest BCUT2D eigenvalue weighted by atomic mass is 35.5. The minimum Gasteiger partial charge on any atom is -0.338 e. The molecule has 1 unspecified atom stereocenters. The van der Waals surface area contributed by atoms with Crippen LogP contribution in [-0.2, 0) is 11.3 Å². The number of halogens is 1. The van der Waals surface area contributed by atoms with Gasteiger partial charge in [-0.05, 0) is 32.4 Å². The zero-order valence-corrected chi connectivity index (χ0v) is 12.5. The van der Waals surface area contributed by atoms with E-state index in [4.69, 9.17) is 0 Å². The molecule has 1 atom stereocenters. The first-order valence-electron chi connectivity index (χ1n) is 6.70. The van der Waals surface area contributed by atoms with E-state index in [1.165, 1.54) is 5.56 Å². The molecule has 0 aliphatic carbocycles. The quantitative estimate of drug-likeness (QED) is 0.920. The van der Waals surface area contributed by atoms with E-state index in [0.717, 1.165) is 26.1 Å². The first kappa shape index (κ1) is 16.0. The molecule has 4 heteroatoms. The van der Waals surface area contributed by atoms with Crippen LogP contribution >= 0.6 is 12.4 Å². The van der Waals surface area contributed by atoms with Crippen molar-refractivity contribution in [3.05, 3.63) is 35.9 Å². The molecule has 0 spiro atoms. The van der Waals surface area contributed by atoms with Gasteiger partial charge in [-0.3, -0.25) is 4.79 Å². The molecule has 2 rings (SSSR count). The Morgan fingerprint density at radius 1 is 1.37 bits per heavy atom. The predicted octanol–water partition coefficient (Wildman–Crippen LogP) is 2.46. The number of carbonyl (C=O) groups excluding carboxylic acids is 1. The van der Waals surface area contributed by atoms with E-state index in [9.17, 15) is 4.79 Å². The van der Waals surface area contributed by atoms with Crippen molar-refractivity contribution < 1.29 is 4.79 Å². The van der Waals surface area contributed by atoms with Crippen LogP contribution in [0.4, 0.5) is 0 Å². The van der Waals surface area contributed by atoms with Crippen molar-refractivity contribution >= 4 is 18.3 Å². The van der Waals surface area contributed by atoms with E-state index in [1.807, 2.05) is 30.0 Å². The molecule has 0 radical (unpaired) electrons. The Morgan fingerprint density at radius 3 is 2.58 bits per heavy atom. The lowest BCUT2D eigenvalue weighted by Gasteiger charge is -2.30. The van der Waals surface area contributed by atoms with E-state index in [0.29, 0.717) is 6.54 Å². The summed E-state index contributed by atoms with van der Waals surface area (Å²) in [6.45, 7) is 7.35. The molecule has 1 aromatic rings. The molecule has 1 fully saturated rings. The number of amides is 1. The van der Waals surface area contributed by atoms with Crippen molar-refractivity contribution in [1.29, 1.82) is 0 Å². The van der Waals surface area contributed by atoms with Gasteiger partial charge in [0, 0.05) is 19.6 Å². The minimum atomic E-state index is -0.217. The largest absolute Gasteiger partial charge is 0.338 e. The zero-order valence-electron chi connectivity index (χ0n) is 11.7. The molecule has 106 valence electrons. The monoisotopic (exact) mass is 282 g/mol. The lowest BCUT2D eigenvalue weighted by atomic mass is 9.88. The SMILES string of the molecule is CCN(Cc1ccccc1)C(=O)C1(C)CCNC1.Cl. The van der Waals surface area contributed by atoms with Crippen LogP contribution in [0.5, 0.6) is 0 Å². The third-order valence-corrected chi connectivity index (χ3v) is 3.77. The molecular weight excluding hydrogens is 260 g/mol. The second kappa shape index (κ2) is 6.92. The molecule has 3 nitrogen and oxygen atoms in total. The molecule has 1 amide bonds. The summed E-state index contributed by atoms with van der Waals surface area (Å²) in [7, 11) is 0. The van der Waals surface area contributed by atoms with Crippen LogP contribution in [0.15, 0.2) is 30.3 Å². The first-order valence-corrected chi connectivity index (χ1v) is 6.70. The molecule has 0 bridgehead atoms. The third kappa shape index (κ3) is 3.71. The van der Waals surface area contributed by atoms with Crippen molar-refractivity contribution in [2.75, 3.05) is 19.6 Å². The topological polar surface area (TPSA) is 32.3 Å². The molecule has 1 saturated heterocycles. The molecule has 0 saturated carbocycles. The van der Waals surface area contributed by atoms with Crippen LogP contribution in [0.25, 0.3) is 0 Å². The summed E-state index contributed by atoms with van der Waals surface area (Å²) in [6.07, 6.45) is 0.942. The fourth-order valence-electron chi connectivity index (χ4n) is 2.51. The Morgan fingerprint density at radius 2 is 2.05 bits per heavy atom. The normalized spacial score (nSPS) is 21.8. The fraction of sp³-hybridized carbons (Fsp3) is 0.533. The summed E-state index contributed by atoms with van der Waals surface area (Å²) in [5, 5.41) is 3.29. The van der Waals surface area contributed by atoms with Crippen LogP contribution in [-0.4, -0.2) is 30.4 Å². The van der Waals surface area contributed by atoms with Crippen molar-refractivity contribution in [3.63, 3.8) is 0 Å². The lowest BCUT2D eigenvalue weighted by molar-refractivity contribution is -0.140. The molecule has 1 aliphatic heterocycles. The Bertz CT molecular complexity index is 402. The highest BCUT2D eigenvalue weighted by molar-refractivity contribution is 5.85. The van der Waals surface area contributed by atoms with Gasteiger partial charge in [0.15, 0.2) is 0 Å². The number of hydrogen-bond donors (Lipinski definition) is 1. The number of carbonyl (C=O) groups is 1. The third-order valence-electron chi connectivity index (χ3n) is 3.77. The Hall–Kier alpha value is -1.06. The van der Waals surface area contributed by atoms with Gasteiger partial charge in [-0.1, -0.05) is 30.3 Å². The van der Waals surface area contributed by atoms with E-state index in [1.54, 1.807) is 0 Å². The van der Waals surface area contributed by atoms with Gasteiger partial charge in [0.25, 0.3) is 0 Å². The molecule has 0 aromatic heterocycles. The summed E-state index contributed by atoms with van der Waals surface area (Å²) >= 11 is 0. The summed E-state index contributed by atoms with van der Waals surface area (Å²) in [4.78, 5) is 14.5. The van der Waals surface area contributed by atoms with Gasteiger partial charge >= 0.3 is 0 Å². The number of benzene rings is 1. The highest BCUT2D eigenvalue weighted by Gasteiger charge is 2.38. The average Bonchev–Trinajstić information content (AvgIpc) is 2.84. The van der Waals surface area contributed by atoms with Crippen LogP contribution in [0.1, 0.15) is 25.8 Å². The summed E-state index contributed by atoms with van der Waals surface area (Å²) in [6, 6.07) is 10.2. The summed E-state index contributed by atoms with van der Waals surface area (Å²) in [5.74, 6) is 0.277. The zero-order chi connectivity index (χ0) is 13.0. The van der Waals surface area contributed by atoms with Crippen LogP contribution < -0.4 is 5.32 Å². The Balaban J connectivity index is 0.00000180. The van der Waals surface area contributed by atoms with Gasteiger partial charge in [0.2, 0.25) is 5.91 Å². The van der Waals surface area contributed by atoms with Crippen LogP contribution in [0, 0.1) is 5.41 Å². The van der Waals surface area contributed by atoms with E-state index in [2.05, 4.69) is 24.4 Å². The maximum atomic E-state index is 12.6. The molecule has 19 heavy (non-hydrogen) atoms. The van der Waals surface area contributed by atoms with Gasteiger partial charge in [-0.15, -0.1) is 12.4 Å². The second-order valence-electron chi connectivity index (χ2n) is 5.29. The number of nitrogens with zero attached hydrogens (tertiary/aromatic N) is 1. The number of rotatable bonds is 4. The molecular formula is C15H23ClN2O. The van der Waals surface area contributed by atoms with E-state index >= 15 is 0 Å². The van der Waals surface area contributed by atoms with Crippen molar-refractivity contribution in [2.45, 2.75) is 26.8 Å². The lowest BCUT2D eigenvalue weighted by Crippen LogP contribution is -2.43. The van der Waals surface area contributed by atoms with Gasteiger partial charge < -0.3 is 10.2 Å². The van der Waals surface area contributed by atoms with Gasteiger partial charge in [-0.25, -0.2) is 0 Å². The first-order chi connectivity index (χ1) is 8.65. The molecule has 1 aromatic carbocycles. The minimum absolute atomic E-state index is 0. The maximum absolute atomic E-state index is 12.6. The predicted molar refractivity (Wildman–Crippen MR) is 80.4 cm³/mol. The van der Waals surface area contributed by atoms with Crippen molar-refractivity contribution in [1.82, 2.24) is 10.2 Å². The molecule has 1 aliphatic rings. The van der Waals surface area contributed by atoms with E-state index in [-0.39, 0.29) is 23.7 Å². The van der Waals surface area contributed by atoms with Crippen molar-refractivity contribution in [3.8, 4) is 0 Å². The number of nitrogens with one attached hydrogen (secondary N) is 1.